The van der Waals surface area contributed by atoms with E-state index < -0.39 is 0 Å². The van der Waals surface area contributed by atoms with Crippen molar-refractivity contribution >= 4 is 35.7 Å². The fraction of sp³-hybridized carbons (Fsp3) is 0.391. The van der Waals surface area contributed by atoms with Gasteiger partial charge in [0.2, 0.25) is 18.2 Å². The quantitative estimate of drug-likeness (QED) is 0.705. The Balaban J connectivity index is 0.00000272. The number of guanidine groups is 2. The molecule has 0 aliphatic carbocycles. The van der Waals surface area contributed by atoms with Crippen LogP contribution in [-0.4, -0.2) is 42.8 Å². The second kappa shape index (κ2) is 10.4. The van der Waals surface area contributed by atoms with Gasteiger partial charge in [-0.05, 0) is 68.1 Å². The zero-order valence-electron chi connectivity index (χ0n) is 18.1. The maximum Gasteiger partial charge on any atom is 0.222 e. The topological polar surface area (TPSA) is 78.5 Å². The number of halogens is 1. The first-order chi connectivity index (χ1) is 14.7. The fourth-order valence-corrected chi connectivity index (χ4v) is 3.83. The van der Waals surface area contributed by atoms with E-state index in [9.17, 15) is 0 Å². The first-order valence-corrected chi connectivity index (χ1v) is 10.7. The van der Waals surface area contributed by atoms with Crippen molar-refractivity contribution in [2.75, 3.05) is 29.9 Å². The van der Waals surface area contributed by atoms with E-state index in [-0.39, 0.29) is 18.7 Å². The highest BCUT2D eigenvalue weighted by Crippen LogP contribution is 2.26. The Bertz CT molecular complexity index is 907. The van der Waals surface area contributed by atoms with Gasteiger partial charge in [0.15, 0.2) is 0 Å². The van der Waals surface area contributed by atoms with Crippen LogP contribution in [-0.2, 0) is 6.42 Å². The van der Waals surface area contributed by atoms with Crippen molar-refractivity contribution in [2.45, 2.75) is 39.4 Å². The Kier molecular flexibility index (Phi) is 7.63. The van der Waals surface area contributed by atoms with Crippen molar-refractivity contribution in [3.63, 3.8) is 0 Å². The minimum absolute atomic E-state index is 0. The molecule has 0 spiro atoms. The fourth-order valence-electron chi connectivity index (χ4n) is 3.83. The molecular formula is C23H31ClN6O. The minimum atomic E-state index is -0.386. The predicted octanol–water partition coefficient (Wildman–Crippen LogP) is 4.05. The van der Waals surface area contributed by atoms with E-state index in [1.807, 2.05) is 31.2 Å². The SMILES string of the molecule is CCOc1ccc(NC2N=C(N)N=C(N3CCCC3)N2c2ccc(CC)cc2)cc1.Cl. The van der Waals surface area contributed by atoms with Crippen molar-refractivity contribution < 1.29 is 4.74 Å². The minimum Gasteiger partial charge on any atom is -0.494 e. The molecule has 1 saturated heterocycles. The summed E-state index contributed by atoms with van der Waals surface area (Å²) in [5.41, 5.74) is 9.42. The molecule has 1 unspecified atom stereocenters. The molecule has 0 amide bonds. The van der Waals surface area contributed by atoms with Crippen LogP contribution in [0.4, 0.5) is 11.4 Å². The summed E-state index contributed by atoms with van der Waals surface area (Å²) in [6.07, 6.45) is 2.95. The highest BCUT2D eigenvalue weighted by molar-refractivity contribution is 6.06. The summed E-state index contributed by atoms with van der Waals surface area (Å²) in [5, 5.41) is 3.51. The van der Waals surface area contributed by atoms with Gasteiger partial charge in [0, 0.05) is 24.5 Å². The van der Waals surface area contributed by atoms with Gasteiger partial charge < -0.3 is 20.7 Å². The number of rotatable bonds is 6. The van der Waals surface area contributed by atoms with Crippen molar-refractivity contribution in [3.05, 3.63) is 54.1 Å². The van der Waals surface area contributed by atoms with Crippen LogP contribution in [0.2, 0.25) is 0 Å². The Morgan fingerprint density at radius 3 is 2.32 bits per heavy atom. The van der Waals surface area contributed by atoms with E-state index in [4.69, 9.17) is 10.5 Å². The lowest BCUT2D eigenvalue weighted by atomic mass is 10.1. The number of nitrogens with zero attached hydrogens (tertiary/aromatic N) is 4. The summed E-state index contributed by atoms with van der Waals surface area (Å²) < 4.78 is 5.55. The number of aliphatic imine (C=N–C) groups is 2. The third-order valence-electron chi connectivity index (χ3n) is 5.40. The van der Waals surface area contributed by atoms with Gasteiger partial charge in [0.05, 0.1) is 6.61 Å². The van der Waals surface area contributed by atoms with Crippen molar-refractivity contribution in [2.24, 2.45) is 15.7 Å². The van der Waals surface area contributed by atoms with Gasteiger partial charge in [-0.3, -0.25) is 4.90 Å². The predicted molar refractivity (Wildman–Crippen MR) is 130 cm³/mol. The van der Waals surface area contributed by atoms with Crippen LogP contribution >= 0.6 is 12.4 Å². The summed E-state index contributed by atoms with van der Waals surface area (Å²) >= 11 is 0. The molecule has 31 heavy (non-hydrogen) atoms. The maximum absolute atomic E-state index is 6.14. The van der Waals surface area contributed by atoms with Crippen LogP contribution in [0.3, 0.4) is 0 Å². The maximum atomic E-state index is 6.14. The molecule has 1 atom stereocenters. The number of nitrogens with two attached hydrogens (primary N) is 1. The molecule has 3 N–H and O–H groups in total. The van der Waals surface area contributed by atoms with Crippen molar-refractivity contribution in [3.8, 4) is 5.75 Å². The number of likely N-dealkylation sites (tertiary alicyclic amines) is 1. The monoisotopic (exact) mass is 442 g/mol. The number of ether oxygens (including phenoxy) is 1. The number of aryl methyl sites for hydroxylation is 1. The molecular weight excluding hydrogens is 412 g/mol. The van der Waals surface area contributed by atoms with Crippen molar-refractivity contribution in [1.29, 1.82) is 0 Å². The van der Waals surface area contributed by atoms with E-state index in [0.29, 0.717) is 12.6 Å². The highest BCUT2D eigenvalue weighted by atomic mass is 35.5. The summed E-state index contributed by atoms with van der Waals surface area (Å²) in [6, 6.07) is 16.5. The Morgan fingerprint density at radius 2 is 1.71 bits per heavy atom. The molecule has 8 heteroatoms. The van der Waals surface area contributed by atoms with E-state index in [1.54, 1.807) is 0 Å². The third kappa shape index (κ3) is 5.22. The number of anilines is 2. The average molecular weight is 443 g/mol. The number of hydrogen-bond acceptors (Lipinski definition) is 7. The van der Waals surface area contributed by atoms with E-state index >= 15 is 0 Å². The van der Waals surface area contributed by atoms with Gasteiger partial charge in [0.1, 0.15) is 5.75 Å². The van der Waals surface area contributed by atoms with Gasteiger partial charge in [-0.2, -0.15) is 4.99 Å². The van der Waals surface area contributed by atoms with Gasteiger partial charge in [-0.1, -0.05) is 19.1 Å². The smallest absolute Gasteiger partial charge is 0.222 e. The van der Waals surface area contributed by atoms with Crippen LogP contribution in [0.25, 0.3) is 0 Å². The molecule has 2 aromatic carbocycles. The zero-order chi connectivity index (χ0) is 20.9. The first-order valence-electron chi connectivity index (χ1n) is 10.7. The van der Waals surface area contributed by atoms with E-state index in [1.165, 1.54) is 5.56 Å². The largest absolute Gasteiger partial charge is 0.494 e. The van der Waals surface area contributed by atoms with Crippen LogP contribution < -0.4 is 20.7 Å². The molecule has 1 fully saturated rings. The summed E-state index contributed by atoms with van der Waals surface area (Å²) in [7, 11) is 0. The van der Waals surface area contributed by atoms with Crippen LogP contribution in [0.15, 0.2) is 58.5 Å². The van der Waals surface area contributed by atoms with Crippen LogP contribution in [0, 0.1) is 0 Å². The van der Waals surface area contributed by atoms with Gasteiger partial charge in [-0.25, -0.2) is 4.99 Å². The Morgan fingerprint density at radius 1 is 1.03 bits per heavy atom. The lowest BCUT2D eigenvalue weighted by Gasteiger charge is -2.38. The second-order valence-corrected chi connectivity index (χ2v) is 7.46. The first kappa shape index (κ1) is 22.7. The molecule has 0 saturated carbocycles. The molecule has 2 aromatic rings. The molecule has 7 nitrogen and oxygen atoms in total. The highest BCUT2D eigenvalue weighted by Gasteiger charge is 2.32. The summed E-state index contributed by atoms with van der Waals surface area (Å²) in [5.74, 6) is 2.00. The number of benzene rings is 2. The normalized spacial score (nSPS) is 18.2. The molecule has 0 aromatic heterocycles. The molecule has 166 valence electrons. The standard InChI is InChI=1S/C23H30N6O.ClH/c1-3-17-7-11-19(12-8-17)29-22(25-18-9-13-20(14-10-18)30-4-2)26-21(24)27-23(29)28-15-5-6-16-28;/h7-14,22,25H,3-6,15-16H2,1-2H3,(H2,24,26);1H. The van der Waals surface area contributed by atoms with Crippen LogP contribution in [0.5, 0.6) is 5.75 Å². The third-order valence-corrected chi connectivity index (χ3v) is 5.40. The number of nitrogens with one attached hydrogen (secondary N) is 1. The molecule has 2 heterocycles. The number of hydrogen-bond donors (Lipinski definition) is 2. The Hall–Kier alpha value is -2.93. The van der Waals surface area contributed by atoms with Gasteiger partial charge >= 0.3 is 0 Å². The zero-order valence-corrected chi connectivity index (χ0v) is 18.9. The average Bonchev–Trinajstić information content (AvgIpc) is 3.30. The molecule has 4 rings (SSSR count). The van der Waals surface area contributed by atoms with Gasteiger partial charge in [0.25, 0.3) is 0 Å². The second-order valence-electron chi connectivity index (χ2n) is 7.46. The van der Waals surface area contributed by atoms with Crippen molar-refractivity contribution in [1.82, 2.24) is 4.90 Å². The summed E-state index contributed by atoms with van der Waals surface area (Å²) in [4.78, 5) is 13.7. The lowest BCUT2D eigenvalue weighted by Crippen LogP contribution is -2.54. The summed E-state index contributed by atoms with van der Waals surface area (Å²) in [6.45, 7) is 6.74. The van der Waals surface area contributed by atoms with E-state index in [2.05, 4.69) is 56.3 Å². The van der Waals surface area contributed by atoms with Crippen LogP contribution in [0.1, 0.15) is 32.3 Å². The molecule has 2 aliphatic rings. The molecule has 2 aliphatic heterocycles. The van der Waals surface area contributed by atoms with E-state index in [0.717, 1.165) is 55.4 Å². The molecule has 0 bridgehead atoms. The van der Waals surface area contributed by atoms with Gasteiger partial charge in [-0.15, -0.1) is 12.4 Å². The Labute approximate surface area is 190 Å². The lowest BCUT2D eigenvalue weighted by molar-refractivity contribution is 0.340. The molecule has 0 radical (unpaired) electrons.